The van der Waals surface area contributed by atoms with Crippen molar-refractivity contribution in [3.63, 3.8) is 0 Å². The van der Waals surface area contributed by atoms with E-state index in [0.29, 0.717) is 20.8 Å². The van der Waals surface area contributed by atoms with Crippen LogP contribution in [0, 0.1) is 19.8 Å². The summed E-state index contributed by atoms with van der Waals surface area (Å²) in [5.41, 5.74) is 5.41. The molecule has 0 saturated carbocycles. The van der Waals surface area contributed by atoms with E-state index in [-0.39, 0.29) is 17.9 Å². The van der Waals surface area contributed by atoms with Gasteiger partial charge >= 0.3 is 5.97 Å². The summed E-state index contributed by atoms with van der Waals surface area (Å²) in [7, 11) is 0. The Hall–Kier alpha value is -2.50. The van der Waals surface area contributed by atoms with E-state index in [1.807, 2.05) is 69.3 Å². The maximum absolute atomic E-state index is 11.3. The fourth-order valence-electron chi connectivity index (χ4n) is 5.13. The molecule has 1 heterocycles. The normalized spacial score (nSPS) is 21.5. The van der Waals surface area contributed by atoms with Gasteiger partial charge in [0.05, 0.1) is 12.2 Å². The molecule has 1 saturated heterocycles. The topological polar surface area (TPSA) is 55.8 Å². The Kier molecular flexibility index (Phi) is 8.55. The molecule has 4 nitrogen and oxygen atoms in total. The molecule has 0 unspecified atom stereocenters. The number of carboxylic acids is 1. The Morgan fingerprint density at radius 2 is 1.57 bits per heavy atom. The van der Waals surface area contributed by atoms with Crippen LogP contribution < -0.4 is 4.74 Å². The molecular formula is C30H29Cl3O4. The first-order chi connectivity index (χ1) is 17.6. The molecule has 1 fully saturated rings. The van der Waals surface area contributed by atoms with Gasteiger partial charge in [0.15, 0.2) is 6.61 Å². The van der Waals surface area contributed by atoms with Gasteiger partial charge in [-0.1, -0.05) is 71.2 Å². The van der Waals surface area contributed by atoms with Crippen molar-refractivity contribution in [3.8, 4) is 5.75 Å². The molecule has 0 aromatic heterocycles. The van der Waals surface area contributed by atoms with Crippen LogP contribution in [0.1, 0.15) is 59.3 Å². The highest BCUT2D eigenvalue weighted by Crippen LogP contribution is 2.54. The molecular weight excluding hydrogens is 531 g/mol. The van der Waals surface area contributed by atoms with Gasteiger partial charge in [-0.05, 0) is 79.8 Å². The molecule has 3 aromatic rings. The molecule has 1 N–H and O–H groups in total. The maximum atomic E-state index is 11.3. The van der Waals surface area contributed by atoms with Crippen molar-refractivity contribution in [2.75, 3.05) is 6.61 Å². The third kappa shape index (κ3) is 5.99. The SMILES string of the molecule is C=C(C)[C@H]1C[C@H](c2ccc(Cl)cc2)[C@H](c2ccc(Cl)cc2)O[C@@H]1c1c(OCC(=O)O)cc(C)c(Cl)c1C. The van der Waals surface area contributed by atoms with Gasteiger partial charge in [0.2, 0.25) is 0 Å². The van der Waals surface area contributed by atoms with Crippen molar-refractivity contribution in [2.45, 2.75) is 45.3 Å². The van der Waals surface area contributed by atoms with Crippen molar-refractivity contribution in [2.24, 2.45) is 5.92 Å². The van der Waals surface area contributed by atoms with Crippen LogP contribution in [0.4, 0.5) is 0 Å². The lowest BCUT2D eigenvalue weighted by molar-refractivity contribution is -0.139. The number of benzene rings is 3. The van der Waals surface area contributed by atoms with Gasteiger partial charge in [-0.2, -0.15) is 0 Å². The smallest absolute Gasteiger partial charge is 0.341 e. The second-order valence-electron chi connectivity index (χ2n) is 9.60. The predicted octanol–water partition coefficient (Wildman–Crippen LogP) is 8.91. The van der Waals surface area contributed by atoms with E-state index in [1.54, 1.807) is 6.07 Å². The highest BCUT2D eigenvalue weighted by Gasteiger charge is 2.42. The summed E-state index contributed by atoms with van der Waals surface area (Å²) in [4.78, 5) is 11.3. The van der Waals surface area contributed by atoms with Gasteiger partial charge in [-0.15, -0.1) is 0 Å². The zero-order valence-electron chi connectivity index (χ0n) is 20.9. The highest BCUT2D eigenvalue weighted by atomic mass is 35.5. The number of carbonyl (C=O) groups is 1. The van der Waals surface area contributed by atoms with E-state index in [9.17, 15) is 9.90 Å². The van der Waals surface area contributed by atoms with Crippen molar-refractivity contribution in [1.29, 1.82) is 0 Å². The molecule has 4 atom stereocenters. The zero-order valence-corrected chi connectivity index (χ0v) is 23.2. The lowest BCUT2D eigenvalue weighted by atomic mass is 9.73. The van der Waals surface area contributed by atoms with Crippen LogP contribution in [0.5, 0.6) is 5.75 Å². The minimum atomic E-state index is -1.06. The molecule has 0 radical (unpaired) electrons. The molecule has 4 rings (SSSR count). The van der Waals surface area contributed by atoms with Crippen LogP contribution in [0.2, 0.25) is 15.1 Å². The van der Waals surface area contributed by atoms with E-state index in [4.69, 9.17) is 44.3 Å². The number of hydrogen-bond donors (Lipinski definition) is 1. The third-order valence-electron chi connectivity index (χ3n) is 6.99. The van der Waals surface area contributed by atoms with Gasteiger partial charge in [0.25, 0.3) is 0 Å². The average Bonchev–Trinajstić information content (AvgIpc) is 2.86. The van der Waals surface area contributed by atoms with Crippen LogP contribution in [0.15, 0.2) is 66.7 Å². The monoisotopic (exact) mass is 558 g/mol. The average molecular weight is 560 g/mol. The van der Waals surface area contributed by atoms with Gasteiger partial charge in [0.1, 0.15) is 5.75 Å². The van der Waals surface area contributed by atoms with E-state index in [2.05, 4.69) is 6.58 Å². The first-order valence-corrected chi connectivity index (χ1v) is 13.2. The molecule has 0 amide bonds. The third-order valence-corrected chi connectivity index (χ3v) is 8.08. The van der Waals surface area contributed by atoms with Crippen molar-refractivity contribution in [1.82, 2.24) is 0 Å². The highest BCUT2D eigenvalue weighted by molar-refractivity contribution is 6.32. The lowest BCUT2D eigenvalue weighted by Crippen LogP contribution is -2.32. The van der Waals surface area contributed by atoms with E-state index < -0.39 is 18.7 Å². The minimum Gasteiger partial charge on any atom is -0.482 e. The second-order valence-corrected chi connectivity index (χ2v) is 10.9. The number of ether oxygens (including phenoxy) is 2. The Balaban J connectivity index is 1.86. The Labute approximate surface area is 232 Å². The number of halogens is 3. The van der Waals surface area contributed by atoms with Crippen molar-refractivity contribution in [3.05, 3.63) is 110 Å². The van der Waals surface area contributed by atoms with Crippen LogP contribution in [0.25, 0.3) is 0 Å². The Bertz CT molecular complexity index is 1300. The second kappa shape index (κ2) is 11.5. The summed E-state index contributed by atoms with van der Waals surface area (Å²) in [6.07, 6.45) is -0.0208. The summed E-state index contributed by atoms with van der Waals surface area (Å²) >= 11 is 19.1. The fourth-order valence-corrected chi connectivity index (χ4v) is 5.54. The largest absolute Gasteiger partial charge is 0.482 e. The molecule has 7 heteroatoms. The molecule has 0 bridgehead atoms. The quantitative estimate of drug-likeness (QED) is 0.294. The molecule has 194 valence electrons. The lowest BCUT2D eigenvalue weighted by Gasteiger charge is -2.44. The summed E-state index contributed by atoms with van der Waals surface area (Å²) in [5.74, 6) is -0.660. The first kappa shape index (κ1) is 27.5. The van der Waals surface area contributed by atoms with Crippen LogP contribution in [-0.4, -0.2) is 17.7 Å². The first-order valence-electron chi connectivity index (χ1n) is 12.0. The predicted molar refractivity (Wildman–Crippen MR) is 149 cm³/mol. The summed E-state index contributed by atoms with van der Waals surface area (Å²) in [6, 6.07) is 17.3. The van der Waals surface area contributed by atoms with E-state index in [1.165, 1.54) is 0 Å². The maximum Gasteiger partial charge on any atom is 0.341 e. The zero-order chi connectivity index (χ0) is 26.9. The van der Waals surface area contributed by atoms with Gasteiger partial charge in [-0.3, -0.25) is 0 Å². The fraction of sp³-hybridized carbons (Fsp3) is 0.300. The minimum absolute atomic E-state index is 0.0148. The molecule has 1 aliphatic rings. The number of aliphatic carboxylic acids is 1. The molecule has 3 aromatic carbocycles. The number of rotatable bonds is 7. The summed E-state index contributed by atoms with van der Waals surface area (Å²) in [6.45, 7) is 9.61. The number of carboxylic acid groups (broad SMARTS) is 1. The van der Waals surface area contributed by atoms with E-state index >= 15 is 0 Å². The van der Waals surface area contributed by atoms with E-state index in [0.717, 1.165) is 39.8 Å². The summed E-state index contributed by atoms with van der Waals surface area (Å²) in [5, 5.41) is 11.2. The van der Waals surface area contributed by atoms with Crippen molar-refractivity contribution < 1.29 is 19.4 Å². The summed E-state index contributed by atoms with van der Waals surface area (Å²) < 4.78 is 12.7. The Morgan fingerprint density at radius 3 is 2.11 bits per heavy atom. The molecule has 0 aliphatic carbocycles. The van der Waals surface area contributed by atoms with Crippen LogP contribution in [-0.2, 0) is 9.53 Å². The van der Waals surface area contributed by atoms with Crippen molar-refractivity contribution >= 4 is 40.8 Å². The standard InChI is InChI=1S/C30H29Cl3O4/c1-16(2)23-14-24(19-5-9-21(31)10-6-19)29(20-7-11-22(32)12-8-20)37-30(23)27-18(4)28(33)17(3)13-25(27)36-15-26(34)35/h5-13,23-24,29-30H,1,14-15H2,2-4H3,(H,34,35)/t23-,24-,29+,30+/m1/s1. The number of aryl methyl sites for hydroxylation is 1. The van der Waals surface area contributed by atoms with Gasteiger partial charge < -0.3 is 14.6 Å². The Morgan fingerprint density at radius 1 is 1.00 bits per heavy atom. The molecule has 37 heavy (non-hydrogen) atoms. The number of hydrogen-bond acceptors (Lipinski definition) is 3. The van der Waals surface area contributed by atoms with Crippen LogP contribution in [0.3, 0.4) is 0 Å². The van der Waals surface area contributed by atoms with Crippen LogP contribution >= 0.6 is 34.8 Å². The van der Waals surface area contributed by atoms with Gasteiger partial charge in [-0.25, -0.2) is 4.79 Å². The molecule has 1 aliphatic heterocycles. The molecule has 0 spiro atoms. The van der Waals surface area contributed by atoms with Gasteiger partial charge in [0, 0.05) is 32.5 Å².